The highest BCUT2D eigenvalue weighted by Crippen LogP contribution is 2.24. The minimum absolute atomic E-state index is 0.0134. The number of hydrogen-bond donors (Lipinski definition) is 3. The molecular formula is C45H55N5O4S2+2. The van der Waals surface area contributed by atoms with E-state index in [0.717, 1.165) is 92.0 Å². The van der Waals surface area contributed by atoms with Crippen molar-refractivity contribution in [3.05, 3.63) is 120 Å². The molecule has 294 valence electrons. The van der Waals surface area contributed by atoms with Gasteiger partial charge in [0.25, 0.3) is 5.91 Å². The van der Waals surface area contributed by atoms with Gasteiger partial charge in [-0.05, 0) is 78.6 Å². The van der Waals surface area contributed by atoms with Gasteiger partial charge in [0, 0.05) is 86.3 Å². The Kier molecular flexibility index (Phi) is 16.0. The highest BCUT2D eigenvalue weighted by molar-refractivity contribution is 8.76. The Hall–Kier alpha value is -4.42. The van der Waals surface area contributed by atoms with Gasteiger partial charge in [0.05, 0.1) is 12.2 Å². The van der Waals surface area contributed by atoms with Gasteiger partial charge in [-0.3, -0.25) is 9.59 Å². The van der Waals surface area contributed by atoms with Crippen molar-refractivity contribution in [2.24, 2.45) is 0 Å². The minimum atomic E-state index is -0.168. The van der Waals surface area contributed by atoms with Crippen molar-refractivity contribution in [2.45, 2.75) is 63.8 Å². The van der Waals surface area contributed by atoms with Crippen molar-refractivity contribution >= 4 is 69.0 Å². The van der Waals surface area contributed by atoms with E-state index in [1.165, 1.54) is 11.4 Å². The van der Waals surface area contributed by atoms with E-state index < -0.39 is 0 Å². The maximum atomic E-state index is 12.6. The number of aliphatic hydroxyl groups is 2. The van der Waals surface area contributed by atoms with Crippen molar-refractivity contribution in [3.63, 3.8) is 0 Å². The number of carbonyl (C=O) groups excluding carboxylic acids is 2. The maximum Gasteiger partial charge on any atom is 0.286 e. The molecule has 56 heavy (non-hydrogen) atoms. The Bertz CT molecular complexity index is 1730. The fraction of sp³-hybridized carbons (Fsp3) is 0.378. The van der Waals surface area contributed by atoms with Crippen LogP contribution in [-0.2, 0) is 22.7 Å². The van der Waals surface area contributed by atoms with Crippen molar-refractivity contribution in [1.82, 2.24) is 5.32 Å². The average Bonchev–Trinajstić information content (AvgIpc) is 3.22. The molecule has 2 aliphatic rings. The van der Waals surface area contributed by atoms with Crippen LogP contribution in [0, 0.1) is 0 Å². The van der Waals surface area contributed by atoms with E-state index in [4.69, 9.17) is 0 Å². The van der Waals surface area contributed by atoms with Crippen molar-refractivity contribution in [3.8, 4) is 0 Å². The Morgan fingerprint density at radius 1 is 0.607 bits per heavy atom. The average molecular weight is 794 g/mol. The van der Waals surface area contributed by atoms with Crippen LogP contribution in [0.15, 0.2) is 97.6 Å². The first-order valence-electron chi connectivity index (χ1n) is 19.8. The van der Waals surface area contributed by atoms with Gasteiger partial charge in [-0.2, -0.15) is 9.13 Å². The fourth-order valence-corrected chi connectivity index (χ4v) is 8.77. The van der Waals surface area contributed by atoms with E-state index >= 15 is 0 Å². The number of aromatic nitrogens is 2. The first kappa shape index (κ1) is 41.2. The number of amides is 1. The molecule has 2 aliphatic heterocycles. The summed E-state index contributed by atoms with van der Waals surface area (Å²) in [5, 5.41) is 22.5. The number of nitrogens with zero attached hydrogens (tertiary/aromatic N) is 4. The summed E-state index contributed by atoms with van der Waals surface area (Å²) in [5.41, 5.74) is 6.81. The molecule has 6 rings (SSSR count). The molecule has 4 aromatic rings. The number of aliphatic hydroxyl groups excluding tert-OH is 2. The molecule has 0 aliphatic carbocycles. The summed E-state index contributed by atoms with van der Waals surface area (Å²) in [6.07, 6.45) is 20.5. The summed E-state index contributed by atoms with van der Waals surface area (Å²) >= 11 is 0. The second kappa shape index (κ2) is 21.8. The Balaban J connectivity index is 0.787. The number of piperidine rings is 2. The van der Waals surface area contributed by atoms with Crippen LogP contribution in [0.1, 0.15) is 60.8 Å². The summed E-state index contributed by atoms with van der Waals surface area (Å²) in [4.78, 5) is 29.7. The highest BCUT2D eigenvalue weighted by Gasteiger charge is 2.18. The molecule has 2 fully saturated rings. The summed E-state index contributed by atoms with van der Waals surface area (Å²) in [7, 11) is 3.47. The maximum absolute atomic E-state index is 12.6. The smallest absolute Gasteiger partial charge is 0.286 e. The molecule has 2 aromatic carbocycles. The standard InChI is InChI=1S/C45H54N5O4S2/c51-42-19-28-49(29-20-42)40-11-7-36(8-12-40)3-5-38-15-24-47(25-16-38)34-44(53)2-1-32-55-56-33-23-46-45(54)35-48-26-17-39(18-27-48)6-4-37-9-13-41(14-10-37)50-30-21-43(52)22-31-50/h3-18,24-27,42-43,51-52H,1-2,19-23,28-35H2/q+1/p+1. The summed E-state index contributed by atoms with van der Waals surface area (Å²) < 4.78 is 3.81. The minimum Gasteiger partial charge on any atom is -0.393 e. The topological polar surface area (TPSA) is 101 Å². The highest BCUT2D eigenvalue weighted by atomic mass is 33.1. The second-order valence-electron chi connectivity index (χ2n) is 14.5. The summed E-state index contributed by atoms with van der Waals surface area (Å²) in [5.74, 6) is 1.92. The molecule has 4 heterocycles. The van der Waals surface area contributed by atoms with Gasteiger partial charge in [0.1, 0.15) is 0 Å². The lowest BCUT2D eigenvalue weighted by molar-refractivity contribution is -0.684. The predicted octanol–water partition coefficient (Wildman–Crippen LogP) is 6.07. The Morgan fingerprint density at radius 3 is 1.48 bits per heavy atom. The molecule has 9 nitrogen and oxygen atoms in total. The molecule has 0 atom stereocenters. The number of anilines is 2. The van der Waals surface area contributed by atoms with E-state index in [9.17, 15) is 19.8 Å². The molecule has 2 aromatic heterocycles. The van der Waals surface area contributed by atoms with Crippen LogP contribution in [0.5, 0.6) is 0 Å². The van der Waals surface area contributed by atoms with Crippen LogP contribution in [0.4, 0.5) is 11.4 Å². The zero-order chi connectivity index (χ0) is 39.0. The molecule has 2 saturated heterocycles. The third kappa shape index (κ3) is 13.7. The van der Waals surface area contributed by atoms with E-state index in [-0.39, 0.29) is 30.4 Å². The van der Waals surface area contributed by atoms with Gasteiger partial charge >= 0.3 is 0 Å². The van der Waals surface area contributed by atoms with Gasteiger partial charge in [0.15, 0.2) is 30.6 Å². The van der Waals surface area contributed by atoms with E-state index in [1.807, 2.05) is 58.2 Å². The number of pyridine rings is 2. The largest absolute Gasteiger partial charge is 0.393 e. The second-order valence-corrected chi connectivity index (χ2v) is 17.2. The molecular weight excluding hydrogens is 739 g/mol. The van der Waals surface area contributed by atoms with Crippen LogP contribution in [0.25, 0.3) is 24.3 Å². The van der Waals surface area contributed by atoms with Crippen LogP contribution >= 0.6 is 21.6 Å². The van der Waals surface area contributed by atoms with Gasteiger partial charge in [-0.15, -0.1) is 0 Å². The number of carbonyl (C=O) groups is 2. The number of Topliss-reactive ketones (excluding diaryl/α,β-unsaturated/α-hetero) is 1. The molecule has 0 spiro atoms. The van der Waals surface area contributed by atoms with Crippen molar-refractivity contribution in [1.29, 1.82) is 0 Å². The van der Waals surface area contributed by atoms with Crippen LogP contribution in [0.2, 0.25) is 0 Å². The first-order chi connectivity index (χ1) is 27.4. The van der Waals surface area contributed by atoms with Gasteiger partial charge in [-0.25, -0.2) is 0 Å². The molecule has 0 bridgehead atoms. The molecule has 3 N–H and O–H groups in total. The van der Waals surface area contributed by atoms with Crippen LogP contribution < -0.4 is 24.3 Å². The number of ketones is 1. The van der Waals surface area contributed by atoms with E-state index in [2.05, 4.69) is 88.0 Å². The zero-order valence-electron chi connectivity index (χ0n) is 32.1. The number of rotatable bonds is 18. The number of hydrogen-bond acceptors (Lipinski definition) is 8. The quantitative estimate of drug-likeness (QED) is 0.0635. The van der Waals surface area contributed by atoms with E-state index in [0.29, 0.717) is 19.5 Å². The van der Waals surface area contributed by atoms with Gasteiger partial charge in [0.2, 0.25) is 13.1 Å². The molecule has 0 unspecified atom stereocenters. The lowest BCUT2D eigenvalue weighted by atomic mass is 10.1. The van der Waals surface area contributed by atoms with Crippen LogP contribution in [0.3, 0.4) is 0 Å². The monoisotopic (exact) mass is 793 g/mol. The first-order valence-corrected chi connectivity index (χ1v) is 22.3. The SMILES string of the molecule is O=C(CCCSSCCNC(=O)C[n+]1ccc(/C=C/c2ccc(N3CCC(O)CC3)cc2)cc1)C[n+]1ccc(/C=C/c2ccc(N3CCC(O)CC3)cc2)cc1. The van der Waals surface area contributed by atoms with Gasteiger partial charge < -0.3 is 25.3 Å². The third-order valence-electron chi connectivity index (χ3n) is 10.2. The predicted molar refractivity (Wildman–Crippen MR) is 231 cm³/mol. The molecule has 11 heteroatoms. The normalized spacial score (nSPS) is 15.5. The molecule has 0 radical (unpaired) electrons. The van der Waals surface area contributed by atoms with Crippen molar-refractivity contribution in [2.75, 3.05) is 54.0 Å². The lowest BCUT2D eigenvalue weighted by Gasteiger charge is -2.31. The zero-order valence-corrected chi connectivity index (χ0v) is 33.8. The summed E-state index contributed by atoms with van der Waals surface area (Å²) in [6.45, 7) is 4.83. The number of nitrogens with one attached hydrogen (secondary N) is 1. The fourth-order valence-electron chi connectivity index (χ4n) is 6.78. The van der Waals surface area contributed by atoms with Gasteiger partial charge in [-0.1, -0.05) is 70.2 Å². The third-order valence-corrected chi connectivity index (χ3v) is 12.7. The molecule has 1 amide bonds. The summed E-state index contributed by atoms with van der Waals surface area (Å²) in [6, 6.07) is 25.1. The van der Waals surface area contributed by atoms with Crippen molar-refractivity contribution < 1.29 is 28.9 Å². The Labute approximate surface area is 339 Å². The number of benzene rings is 2. The van der Waals surface area contributed by atoms with E-state index in [1.54, 1.807) is 21.6 Å². The van der Waals surface area contributed by atoms with Crippen LogP contribution in [-0.4, -0.2) is 78.3 Å². The Morgan fingerprint density at radius 2 is 1.02 bits per heavy atom. The molecule has 0 saturated carbocycles. The lowest BCUT2D eigenvalue weighted by Crippen LogP contribution is -2.42.